The largest absolute Gasteiger partial charge is 0.306 e. The first kappa shape index (κ1) is 15.1. The zero-order valence-corrected chi connectivity index (χ0v) is 13.3. The Morgan fingerprint density at radius 1 is 1.36 bits per heavy atom. The highest BCUT2D eigenvalue weighted by Gasteiger charge is 2.06. The van der Waals surface area contributed by atoms with Crippen molar-refractivity contribution in [2.75, 3.05) is 0 Å². The lowest BCUT2D eigenvalue weighted by molar-refractivity contribution is 0.627. The normalized spacial score (nSPS) is 11.0. The lowest BCUT2D eigenvalue weighted by Gasteiger charge is -2.01. The highest BCUT2D eigenvalue weighted by molar-refractivity contribution is 7.09. The number of benzene rings is 1. The summed E-state index contributed by atoms with van der Waals surface area (Å²) < 4.78 is 14.7. The minimum atomic E-state index is -0.452. The zero-order valence-electron chi connectivity index (χ0n) is 11.8. The minimum absolute atomic E-state index is 0.0633. The van der Waals surface area contributed by atoms with Crippen LogP contribution in [0.4, 0.5) is 4.39 Å². The summed E-state index contributed by atoms with van der Waals surface area (Å²) >= 11 is 7.40. The number of thiazole rings is 1. The van der Waals surface area contributed by atoms with Crippen LogP contribution in [-0.4, -0.2) is 20.0 Å². The van der Waals surface area contributed by atoms with E-state index in [0.717, 1.165) is 17.9 Å². The first-order chi connectivity index (χ1) is 10.6. The van der Waals surface area contributed by atoms with Gasteiger partial charge >= 0.3 is 0 Å². The third-order valence-corrected chi connectivity index (χ3v) is 4.37. The van der Waals surface area contributed by atoms with Crippen LogP contribution in [0.15, 0.2) is 29.9 Å². The lowest BCUT2D eigenvalue weighted by atomic mass is 10.3. The number of halogens is 2. The quantitative estimate of drug-likeness (QED) is 0.777. The van der Waals surface area contributed by atoms with Crippen LogP contribution < -0.4 is 5.32 Å². The average Bonchev–Trinajstić information content (AvgIpc) is 3.12. The Labute approximate surface area is 135 Å². The van der Waals surface area contributed by atoms with Gasteiger partial charge in [0, 0.05) is 18.0 Å². The standard InChI is InChI=1S/C14H13ClFN5S/c1-9-14(22-8-18-9)6-17-5-10-7-21(20-19-10)11-2-3-13(16)12(15)4-11/h2-4,7-8,17H,5-6H2,1H3. The summed E-state index contributed by atoms with van der Waals surface area (Å²) in [4.78, 5) is 5.41. The highest BCUT2D eigenvalue weighted by Crippen LogP contribution is 2.18. The Hall–Kier alpha value is -1.83. The van der Waals surface area contributed by atoms with E-state index in [1.165, 1.54) is 17.0 Å². The summed E-state index contributed by atoms with van der Waals surface area (Å²) in [5.74, 6) is -0.452. The van der Waals surface area contributed by atoms with Gasteiger partial charge < -0.3 is 5.32 Å². The van der Waals surface area contributed by atoms with Gasteiger partial charge in [-0.25, -0.2) is 14.1 Å². The fraction of sp³-hybridized carbons (Fsp3) is 0.214. The van der Waals surface area contributed by atoms with Crippen molar-refractivity contribution in [1.29, 1.82) is 0 Å². The number of aryl methyl sites for hydroxylation is 1. The summed E-state index contributed by atoms with van der Waals surface area (Å²) in [6.45, 7) is 3.32. The number of rotatable bonds is 5. The molecule has 114 valence electrons. The van der Waals surface area contributed by atoms with Gasteiger partial charge in [0.05, 0.1) is 33.8 Å². The van der Waals surface area contributed by atoms with Crippen LogP contribution in [0, 0.1) is 12.7 Å². The molecular weight excluding hydrogens is 325 g/mol. The van der Waals surface area contributed by atoms with Gasteiger partial charge in [-0.15, -0.1) is 16.4 Å². The van der Waals surface area contributed by atoms with Crippen molar-refractivity contribution in [3.05, 3.63) is 57.0 Å². The summed E-state index contributed by atoms with van der Waals surface area (Å²) in [7, 11) is 0. The molecule has 0 atom stereocenters. The number of nitrogens with zero attached hydrogens (tertiary/aromatic N) is 4. The molecule has 22 heavy (non-hydrogen) atoms. The van der Waals surface area contributed by atoms with E-state index in [1.807, 2.05) is 12.4 Å². The molecular formula is C14H13ClFN5S. The minimum Gasteiger partial charge on any atom is -0.306 e. The van der Waals surface area contributed by atoms with Crippen molar-refractivity contribution in [2.45, 2.75) is 20.0 Å². The number of hydrogen-bond donors (Lipinski definition) is 1. The molecule has 0 spiro atoms. The van der Waals surface area contributed by atoms with Gasteiger partial charge in [0.25, 0.3) is 0 Å². The molecule has 0 fully saturated rings. The van der Waals surface area contributed by atoms with E-state index in [0.29, 0.717) is 12.2 Å². The van der Waals surface area contributed by atoms with Crippen LogP contribution in [0.1, 0.15) is 16.3 Å². The molecule has 0 aliphatic heterocycles. The molecule has 0 aliphatic carbocycles. The molecule has 3 rings (SSSR count). The van der Waals surface area contributed by atoms with E-state index in [-0.39, 0.29) is 5.02 Å². The Morgan fingerprint density at radius 3 is 2.95 bits per heavy atom. The molecule has 0 radical (unpaired) electrons. The van der Waals surface area contributed by atoms with Crippen molar-refractivity contribution in [3.8, 4) is 5.69 Å². The predicted molar refractivity (Wildman–Crippen MR) is 83.7 cm³/mol. The molecule has 3 aromatic rings. The second kappa shape index (κ2) is 6.51. The van der Waals surface area contributed by atoms with Gasteiger partial charge in [-0.3, -0.25) is 0 Å². The van der Waals surface area contributed by atoms with Crippen LogP contribution in [-0.2, 0) is 13.1 Å². The third kappa shape index (κ3) is 3.32. The fourth-order valence-electron chi connectivity index (χ4n) is 1.93. The first-order valence-electron chi connectivity index (χ1n) is 6.60. The van der Waals surface area contributed by atoms with Crippen LogP contribution >= 0.6 is 22.9 Å². The van der Waals surface area contributed by atoms with Crippen molar-refractivity contribution >= 4 is 22.9 Å². The molecule has 0 unspecified atom stereocenters. The Kier molecular flexibility index (Phi) is 4.47. The van der Waals surface area contributed by atoms with Crippen molar-refractivity contribution in [2.24, 2.45) is 0 Å². The number of nitrogens with one attached hydrogen (secondary N) is 1. The molecule has 0 saturated heterocycles. The monoisotopic (exact) mass is 337 g/mol. The molecule has 0 bridgehead atoms. The number of aromatic nitrogens is 4. The third-order valence-electron chi connectivity index (χ3n) is 3.15. The molecule has 8 heteroatoms. The lowest BCUT2D eigenvalue weighted by Crippen LogP contribution is -2.12. The topological polar surface area (TPSA) is 55.6 Å². The van der Waals surface area contributed by atoms with Crippen LogP contribution in [0.3, 0.4) is 0 Å². The van der Waals surface area contributed by atoms with Gasteiger partial charge in [-0.05, 0) is 25.1 Å². The smallest absolute Gasteiger partial charge is 0.141 e. The molecule has 2 heterocycles. The second-order valence-corrected chi connectivity index (χ2v) is 6.06. The summed E-state index contributed by atoms with van der Waals surface area (Å²) in [5, 5.41) is 11.5. The Bertz CT molecular complexity index is 785. The molecule has 0 amide bonds. The molecule has 0 saturated carbocycles. The van der Waals surface area contributed by atoms with Crippen molar-refractivity contribution in [1.82, 2.24) is 25.3 Å². The van der Waals surface area contributed by atoms with Gasteiger partial charge in [0.1, 0.15) is 5.82 Å². The number of hydrogen-bond acceptors (Lipinski definition) is 5. The molecule has 5 nitrogen and oxygen atoms in total. The van der Waals surface area contributed by atoms with Crippen LogP contribution in [0.2, 0.25) is 5.02 Å². The fourth-order valence-corrected chi connectivity index (χ4v) is 2.85. The second-order valence-electron chi connectivity index (χ2n) is 4.72. The maximum absolute atomic E-state index is 13.2. The van der Waals surface area contributed by atoms with Gasteiger partial charge in [0.15, 0.2) is 0 Å². The summed E-state index contributed by atoms with van der Waals surface area (Å²) in [5.41, 5.74) is 4.34. The van der Waals surface area contributed by atoms with Crippen LogP contribution in [0.5, 0.6) is 0 Å². The van der Waals surface area contributed by atoms with E-state index in [9.17, 15) is 4.39 Å². The average molecular weight is 338 g/mol. The Morgan fingerprint density at radius 2 is 2.23 bits per heavy atom. The van der Waals surface area contributed by atoms with Crippen LogP contribution in [0.25, 0.3) is 5.69 Å². The van der Waals surface area contributed by atoms with E-state index in [1.54, 1.807) is 28.3 Å². The van der Waals surface area contributed by atoms with E-state index in [4.69, 9.17) is 11.6 Å². The SMILES string of the molecule is Cc1ncsc1CNCc1cn(-c2ccc(F)c(Cl)c2)nn1. The first-order valence-corrected chi connectivity index (χ1v) is 7.85. The molecule has 0 aliphatic rings. The molecule has 1 aromatic carbocycles. The van der Waals surface area contributed by atoms with Gasteiger partial charge in [-0.1, -0.05) is 16.8 Å². The predicted octanol–water partition coefficient (Wildman–Crippen LogP) is 3.11. The van der Waals surface area contributed by atoms with Crippen molar-refractivity contribution < 1.29 is 4.39 Å². The highest BCUT2D eigenvalue weighted by atomic mass is 35.5. The molecule has 1 N–H and O–H groups in total. The maximum atomic E-state index is 13.2. The summed E-state index contributed by atoms with van der Waals surface area (Å²) in [6, 6.07) is 4.43. The van der Waals surface area contributed by atoms with E-state index < -0.39 is 5.82 Å². The van der Waals surface area contributed by atoms with E-state index in [2.05, 4.69) is 20.6 Å². The van der Waals surface area contributed by atoms with Gasteiger partial charge in [0.2, 0.25) is 0 Å². The van der Waals surface area contributed by atoms with Crippen molar-refractivity contribution in [3.63, 3.8) is 0 Å². The Balaban J connectivity index is 1.63. The van der Waals surface area contributed by atoms with Gasteiger partial charge in [-0.2, -0.15) is 0 Å². The maximum Gasteiger partial charge on any atom is 0.141 e. The van der Waals surface area contributed by atoms with E-state index >= 15 is 0 Å². The summed E-state index contributed by atoms with van der Waals surface area (Å²) in [6.07, 6.45) is 1.79. The molecule has 2 aromatic heterocycles. The zero-order chi connectivity index (χ0) is 15.5.